The summed E-state index contributed by atoms with van der Waals surface area (Å²) in [7, 11) is 1.42. The number of aliphatic carboxylic acids is 1. The number of hydrogen-bond acceptors (Lipinski definition) is 8. The number of ether oxygens (including phenoxy) is 2. The van der Waals surface area contributed by atoms with E-state index in [-0.39, 0.29) is 23.2 Å². The first-order chi connectivity index (χ1) is 15.8. The van der Waals surface area contributed by atoms with Gasteiger partial charge in [0.1, 0.15) is 11.1 Å². The van der Waals surface area contributed by atoms with Crippen LogP contribution in [0.5, 0.6) is 11.5 Å². The van der Waals surface area contributed by atoms with Crippen molar-refractivity contribution in [2.45, 2.75) is 11.7 Å². The van der Waals surface area contributed by atoms with Crippen LogP contribution >= 0.6 is 11.8 Å². The van der Waals surface area contributed by atoms with E-state index in [0.717, 1.165) is 11.8 Å². The maximum absolute atomic E-state index is 12.9. The zero-order valence-corrected chi connectivity index (χ0v) is 18.1. The SMILES string of the molecule is COc1cc(/C=N\N=C2\NC(=O)[C@@H](CC(=O)Nc3ccc(F)cc3)S2)ccc1OCC(=O)O. The first kappa shape index (κ1) is 23.7. The van der Waals surface area contributed by atoms with Crippen molar-refractivity contribution in [2.75, 3.05) is 19.0 Å². The number of thioether (sulfide) groups is 1. The molecule has 172 valence electrons. The molecule has 33 heavy (non-hydrogen) atoms. The molecule has 0 aromatic heterocycles. The van der Waals surface area contributed by atoms with Crippen LogP contribution in [0.25, 0.3) is 0 Å². The highest BCUT2D eigenvalue weighted by Gasteiger charge is 2.32. The fourth-order valence-corrected chi connectivity index (χ4v) is 3.60. The molecule has 0 radical (unpaired) electrons. The summed E-state index contributed by atoms with van der Waals surface area (Å²) in [5, 5.41) is 21.3. The van der Waals surface area contributed by atoms with Gasteiger partial charge in [0.2, 0.25) is 11.8 Å². The minimum Gasteiger partial charge on any atom is -0.493 e. The van der Waals surface area contributed by atoms with Crippen molar-refractivity contribution in [2.24, 2.45) is 10.2 Å². The average molecular weight is 474 g/mol. The van der Waals surface area contributed by atoms with Gasteiger partial charge in [-0.3, -0.25) is 9.59 Å². The predicted octanol–water partition coefficient (Wildman–Crippen LogP) is 2.25. The molecule has 0 spiro atoms. The number of amides is 2. The van der Waals surface area contributed by atoms with Gasteiger partial charge in [-0.05, 0) is 48.0 Å². The third kappa shape index (κ3) is 7.04. The standard InChI is InChI=1S/C21H19FN4O6S/c1-31-16-8-12(2-7-15(16)32-11-19(28)29)10-23-26-21-25-20(30)17(33-21)9-18(27)24-14-5-3-13(22)4-6-14/h2-8,10,17H,9,11H2,1H3,(H,24,27)(H,28,29)(H,25,26,30)/b23-10-/t17-/m1/s1. The normalized spacial score (nSPS) is 16.6. The van der Waals surface area contributed by atoms with Crippen LogP contribution in [-0.2, 0) is 14.4 Å². The van der Waals surface area contributed by atoms with Gasteiger partial charge in [-0.15, -0.1) is 5.10 Å². The van der Waals surface area contributed by atoms with Crippen LogP contribution in [0, 0.1) is 5.82 Å². The second-order valence-corrected chi connectivity index (χ2v) is 7.79. The second kappa shape index (κ2) is 11.1. The third-order valence-corrected chi connectivity index (χ3v) is 5.24. The summed E-state index contributed by atoms with van der Waals surface area (Å²) in [6.45, 7) is -0.503. The average Bonchev–Trinajstić information content (AvgIpc) is 3.12. The molecule has 1 heterocycles. The number of methoxy groups -OCH3 is 1. The number of halogens is 1. The lowest BCUT2D eigenvalue weighted by Gasteiger charge is -2.09. The van der Waals surface area contributed by atoms with Crippen LogP contribution in [-0.4, -0.2) is 53.2 Å². The molecule has 3 rings (SSSR count). The molecular weight excluding hydrogens is 455 g/mol. The number of carboxylic acids is 1. The van der Waals surface area contributed by atoms with Gasteiger partial charge in [-0.2, -0.15) is 5.10 Å². The van der Waals surface area contributed by atoms with Crippen molar-refractivity contribution < 1.29 is 33.4 Å². The Morgan fingerprint density at radius 1 is 1.24 bits per heavy atom. The Morgan fingerprint density at radius 3 is 2.70 bits per heavy atom. The van der Waals surface area contributed by atoms with Gasteiger partial charge in [0.15, 0.2) is 23.3 Å². The monoisotopic (exact) mass is 474 g/mol. The zero-order chi connectivity index (χ0) is 23.8. The van der Waals surface area contributed by atoms with Crippen molar-refractivity contribution in [3.8, 4) is 11.5 Å². The molecule has 1 atom stereocenters. The molecule has 0 unspecified atom stereocenters. The maximum atomic E-state index is 12.9. The molecule has 1 aliphatic rings. The number of carbonyl (C=O) groups is 3. The highest BCUT2D eigenvalue weighted by Crippen LogP contribution is 2.27. The van der Waals surface area contributed by atoms with Crippen LogP contribution in [0.2, 0.25) is 0 Å². The lowest BCUT2D eigenvalue weighted by molar-refractivity contribution is -0.139. The molecule has 1 saturated heterocycles. The fourth-order valence-electron chi connectivity index (χ4n) is 2.67. The van der Waals surface area contributed by atoms with Crippen molar-refractivity contribution in [3.63, 3.8) is 0 Å². The first-order valence-electron chi connectivity index (χ1n) is 9.50. The topological polar surface area (TPSA) is 139 Å². The van der Waals surface area contributed by atoms with E-state index in [1.807, 2.05) is 0 Å². The number of rotatable bonds is 9. The molecule has 2 amide bonds. The quantitative estimate of drug-likeness (QED) is 0.374. The van der Waals surface area contributed by atoms with Crippen molar-refractivity contribution in [1.29, 1.82) is 0 Å². The van der Waals surface area contributed by atoms with Crippen LogP contribution in [0.3, 0.4) is 0 Å². The molecular formula is C21H19FN4O6S. The number of carbonyl (C=O) groups excluding carboxylic acids is 2. The van der Waals surface area contributed by atoms with Crippen molar-refractivity contribution in [1.82, 2.24) is 5.32 Å². The van der Waals surface area contributed by atoms with Crippen molar-refractivity contribution >= 4 is 46.6 Å². The highest BCUT2D eigenvalue weighted by molar-refractivity contribution is 8.15. The van der Waals surface area contributed by atoms with Crippen LogP contribution in [0.4, 0.5) is 10.1 Å². The summed E-state index contributed by atoms with van der Waals surface area (Å²) in [6, 6.07) is 10.1. The van der Waals surface area contributed by atoms with E-state index < -0.39 is 29.6 Å². The molecule has 2 aromatic carbocycles. The first-order valence-corrected chi connectivity index (χ1v) is 10.4. The number of amidine groups is 1. The molecule has 10 nitrogen and oxygen atoms in total. The van der Waals surface area contributed by atoms with Crippen LogP contribution in [0.1, 0.15) is 12.0 Å². The van der Waals surface area contributed by atoms with Gasteiger partial charge in [0.25, 0.3) is 0 Å². The molecule has 1 aliphatic heterocycles. The van der Waals surface area contributed by atoms with E-state index in [4.69, 9.17) is 14.6 Å². The largest absolute Gasteiger partial charge is 0.493 e. The Morgan fingerprint density at radius 2 is 2.00 bits per heavy atom. The summed E-state index contributed by atoms with van der Waals surface area (Å²) in [5.41, 5.74) is 1.03. The highest BCUT2D eigenvalue weighted by atomic mass is 32.2. The molecule has 2 aromatic rings. The van der Waals surface area contributed by atoms with E-state index >= 15 is 0 Å². The van der Waals surface area contributed by atoms with Gasteiger partial charge in [0, 0.05) is 12.1 Å². The number of nitrogens with one attached hydrogen (secondary N) is 2. The van der Waals surface area contributed by atoms with Gasteiger partial charge in [0.05, 0.1) is 13.3 Å². The minimum atomic E-state index is -1.11. The van der Waals surface area contributed by atoms with E-state index in [1.165, 1.54) is 43.7 Å². The summed E-state index contributed by atoms with van der Waals surface area (Å²) in [4.78, 5) is 34.9. The summed E-state index contributed by atoms with van der Waals surface area (Å²) < 4.78 is 23.3. The second-order valence-electron chi connectivity index (χ2n) is 6.60. The Hall–Kier alpha value is -3.93. The van der Waals surface area contributed by atoms with Gasteiger partial charge < -0.3 is 25.2 Å². The van der Waals surface area contributed by atoms with Crippen molar-refractivity contribution in [3.05, 3.63) is 53.8 Å². The Balaban J connectivity index is 1.56. The number of benzene rings is 2. The fraction of sp³-hybridized carbons (Fsp3) is 0.190. The number of hydrogen-bond donors (Lipinski definition) is 3. The van der Waals surface area contributed by atoms with E-state index in [1.54, 1.807) is 12.1 Å². The number of anilines is 1. The molecule has 12 heteroatoms. The van der Waals surface area contributed by atoms with E-state index in [9.17, 15) is 18.8 Å². The maximum Gasteiger partial charge on any atom is 0.341 e. The summed E-state index contributed by atoms with van der Waals surface area (Å²) in [5.74, 6) is -1.70. The molecule has 0 saturated carbocycles. The molecule has 0 aliphatic carbocycles. The summed E-state index contributed by atoms with van der Waals surface area (Å²) >= 11 is 1.07. The zero-order valence-electron chi connectivity index (χ0n) is 17.3. The Bertz CT molecular complexity index is 1110. The molecule has 0 bridgehead atoms. The smallest absolute Gasteiger partial charge is 0.341 e. The Kier molecular flexibility index (Phi) is 7.97. The number of nitrogens with zero attached hydrogens (tertiary/aromatic N) is 2. The molecule has 3 N–H and O–H groups in total. The van der Waals surface area contributed by atoms with Gasteiger partial charge >= 0.3 is 5.97 Å². The van der Waals surface area contributed by atoms with E-state index in [0.29, 0.717) is 17.0 Å². The lowest BCUT2D eigenvalue weighted by atomic mass is 10.2. The molecule has 1 fully saturated rings. The van der Waals surface area contributed by atoms with Gasteiger partial charge in [-0.25, -0.2) is 9.18 Å². The van der Waals surface area contributed by atoms with E-state index in [2.05, 4.69) is 20.8 Å². The van der Waals surface area contributed by atoms with Crippen LogP contribution < -0.4 is 20.1 Å². The van der Waals surface area contributed by atoms with Crippen LogP contribution in [0.15, 0.2) is 52.7 Å². The summed E-state index contributed by atoms with van der Waals surface area (Å²) in [6.07, 6.45) is 1.32. The minimum absolute atomic E-state index is 0.0917. The third-order valence-electron chi connectivity index (χ3n) is 4.17. The lowest BCUT2D eigenvalue weighted by Crippen LogP contribution is -2.28. The Labute approximate surface area is 191 Å². The predicted molar refractivity (Wildman–Crippen MR) is 120 cm³/mol. The van der Waals surface area contributed by atoms with Gasteiger partial charge in [-0.1, -0.05) is 11.8 Å². The number of carboxylic acid groups (broad SMARTS) is 1.